The van der Waals surface area contributed by atoms with Crippen molar-refractivity contribution in [3.05, 3.63) is 11.1 Å². The second-order valence-electron chi connectivity index (χ2n) is 6.60. The van der Waals surface area contributed by atoms with Crippen molar-refractivity contribution >= 4 is 5.91 Å². The van der Waals surface area contributed by atoms with Gasteiger partial charge in [-0.2, -0.15) is 0 Å². The van der Waals surface area contributed by atoms with Crippen molar-refractivity contribution in [1.82, 2.24) is 10.2 Å². The summed E-state index contributed by atoms with van der Waals surface area (Å²) in [6.07, 6.45) is 6.36. The molecule has 1 heterocycles. The quantitative estimate of drug-likeness (QED) is 0.432. The highest BCUT2D eigenvalue weighted by molar-refractivity contribution is 5.82. The van der Waals surface area contributed by atoms with Crippen molar-refractivity contribution in [3.63, 3.8) is 0 Å². The van der Waals surface area contributed by atoms with Crippen molar-refractivity contribution in [2.45, 2.75) is 83.2 Å². The predicted octanol–water partition coefficient (Wildman–Crippen LogP) is -0.588. The van der Waals surface area contributed by atoms with E-state index in [1.54, 1.807) is 0 Å². The Morgan fingerprint density at radius 2 is 2.09 bits per heavy atom. The molecule has 1 aliphatic heterocycles. The molecule has 0 bridgehead atoms. The smallest absolute Gasteiger partial charge is 0.244 e. The van der Waals surface area contributed by atoms with E-state index in [2.05, 4.69) is 15.5 Å². The Morgan fingerprint density at radius 3 is 2.73 bits per heavy atom. The molecular formula is C15H28N6O. The van der Waals surface area contributed by atoms with E-state index in [0.29, 0.717) is 5.92 Å². The normalized spacial score (nSPS) is 30.5. The van der Waals surface area contributed by atoms with Crippen LogP contribution in [0.15, 0.2) is 0 Å². The lowest BCUT2D eigenvalue weighted by molar-refractivity contribution is -0.547. The van der Waals surface area contributed by atoms with Crippen LogP contribution in [0.1, 0.15) is 58.8 Å². The monoisotopic (exact) mass is 308 g/mol. The number of carbonyl (C=O) groups is 1. The van der Waals surface area contributed by atoms with Crippen LogP contribution in [0, 0.1) is 5.92 Å². The Bertz CT molecular complexity index is 415. The number of amides is 1. The highest BCUT2D eigenvalue weighted by Gasteiger charge is 2.47. The lowest BCUT2D eigenvalue weighted by Crippen LogP contribution is -2.80. The number of hydrogen-bond donors (Lipinski definition) is 3. The SMILES string of the molecule is CCCC(NC(C)C(=O)N1C([NH+]=[N-])CC2CCCCC21)[NH+]=[N-]. The fourth-order valence-electron chi connectivity index (χ4n) is 3.96. The van der Waals surface area contributed by atoms with Gasteiger partial charge in [0.2, 0.25) is 12.1 Å². The van der Waals surface area contributed by atoms with Gasteiger partial charge in [0.15, 0.2) is 6.17 Å². The number of fused-ring (bicyclic) bond motifs is 1. The van der Waals surface area contributed by atoms with E-state index in [9.17, 15) is 10.3 Å². The van der Waals surface area contributed by atoms with Gasteiger partial charge in [-0.05, 0) is 32.1 Å². The third-order valence-corrected chi connectivity index (χ3v) is 5.05. The first-order valence-electron chi connectivity index (χ1n) is 8.49. The molecule has 2 fully saturated rings. The summed E-state index contributed by atoms with van der Waals surface area (Å²) in [5.74, 6) is 0.467. The minimum absolute atomic E-state index is 0.0164. The van der Waals surface area contributed by atoms with E-state index < -0.39 is 6.04 Å². The van der Waals surface area contributed by atoms with Gasteiger partial charge < -0.3 is 21.3 Å². The second kappa shape index (κ2) is 7.76. The first-order chi connectivity index (χ1) is 10.6. The molecular weight excluding hydrogens is 280 g/mol. The van der Waals surface area contributed by atoms with Gasteiger partial charge in [-0.15, -0.1) is 0 Å². The highest BCUT2D eigenvalue weighted by atomic mass is 16.2. The minimum atomic E-state index is -0.410. The summed E-state index contributed by atoms with van der Waals surface area (Å²) in [4.78, 5) is 14.6. The third-order valence-electron chi connectivity index (χ3n) is 5.05. The summed E-state index contributed by atoms with van der Waals surface area (Å²) in [5.41, 5.74) is 18.6. The van der Waals surface area contributed by atoms with Crippen molar-refractivity contribution in [2.75, 3.05) is 0 Å². The van der Waals surface area contributed by atoms with Crippen LogP contribution >= 0.6 is 0 Å². The first kappa shape index (κ1) is 17.0. The van der Waals surface area contributed by atoms with Crippen LogP contribution in [0.25, 0.3) is 11.1 Å². The average Bonchev–Trinajstić information content (AvgIpc) is 2.91. The second-order valence-corrected chi connectivity index (χ2v) is 6.60. The largest absolute Gasteiger partial charge is 0.507 e. The number of nitrogens with zero attached hydrogens (tertiary/aromatic N) is 3. The highest BCUT2D eigenvalue weighted by Crippen LogP contribution is 2.38. The Hall–Kier alpha value is -1.37. The van der Waals surface area contributed by atoms with Gasteiger partial charge in [0.05, 0.1) is 6.04 Å². The maximum Gasteiger partial charge on any atom is 0.244 e. The van der Waals surface area contributed by atoms with Gasteiger partial charge in [-0.25, -0.2) is 5.32 Å². The van der Waals surface area contributed by atoms with Crippen LogP contribution in [-0.2, 0) is 4.79 Å². The molecule has 7 heteroatoms. The molecule has 1 saturated heterocycles. The van der Waals surface area contributed by atoms with Crippen molar-refractivity contribution in [3.8, 4) is 0 Å². The molecule has 2 aliphatic rings. The Balaban J connectivity index is 2.05. The summed E-state index contributed by atoms with van der Waals surface area (Å²) in [6.45, 7) is 3.84. The van der Waals surface area contributed by atoms with Gasteiger partial charge in [0.1, 0.15) is 0 Å². The zero-order valence-electron chi connectivity index (χ0n) is 13.6. The van der Waals surface area contributed by atoms with Crippen LogP contribution in [-0.4, -0.2) is 35.2 Å². The minimum Gasteiger partial charge on any atom is -0.507 e. The summed E-state index contributed by atoms with van der Waals surface area (Å²) in [5, 5.41) is 7.65. The molecule has 0 radical (unpaired) electrons. The van der Waals surface area contributed by atoms with Gasteiger partial charge in [0.25, 0.3) is 0 Å². The number of hydrogen-bond acceptors (Lipinski definition) is 2. The molecule has 1 amide bonds. The molecule has 0 spiro atoms. The summed E-state index contributed by atoms with van der Waals surface area (Å²) in [6, 6.07) is -0.186. The fraction of sp³-hybridized carbons (Fsp3) is 0.933. The summed E-state index contributed by atoms with van der Waals surface area (Å²) in [7, 11) is 0. The van der Waals surface area contributed by atoms with Gasteiger partial charge >= 0.3 is 0 Å². The predicted molar refractivity (Wildman–Crippen MR) is 80.9 cm³/mol. The zero-order chi connectivity index (χ0) is 16.1. The topological polar surface area (TPSA) is 105 Å². The summed E-state index contributed by atoms with van der Waals surface area (Å²) >= 11 is 0. The fourth-order valence-corrected chi connectivity index (χ4v) is 3.96. The van der Waals surface area contributed by atoms with E-state index in [1.165, 1.54) is 6.42 Å². The Labute approximate surface area is 132 Å². The first-order valence-corrected chi connectivity index (χ1v) is 8.49. The molecule has 5 unspecified atom stereocenters. The lowest BCUT2D eigenvalue weighted by atomic mass is 9.85. The molecule has 3 N–H and O–H groups in total. The summed E-state index contributed by atoms with van der Waals surface area (Å²) < 4.78 is 0. The number of nitrogens with one attached hydrogen (secondary N) is 3. The molecule has 7 nitrogen and oxygen atoms in total. The van der Waals surface area contributed by atoms with Gasteiger partial charge in [-0.3, -0.25) is 9.69 Å². The maximum atomic E-state index is 12.8. The van der Waals surface area contributed by atoms with Crippen LogP contribution < -0.4 is 15.5 Å². The number of rotatable bonds is 7. The van der Waals surface area contributed by atoms with E-state index in [0.717, 1.165) is 38.5 Å². The van der Waals surface area contributed by atoms with Crippen molar-refractivity contribution < 1.29 is 15.0 Å². The van der Waals surface area contributed by atoms with E-state index in [4.69, 9.17) is 5.53 Å². The van der Waals surface area contributed by atoms with Crippen LogP contribution in [0.5, 0.6) is 0 Å². The van der Waals surface area contributed by atoms with Crippen molar-refractivity contribution in [1.29, 1.82) is 0 Å². The molecule has 0 aromatic rings. The van der Waals surface area contributed by atoms with Gasteiger partial charge in [-0.1, -0.05) is 19.8 Å². The number of likely N-dealkylation sites (tertiary alicyclic amines) is 1. The molecule has 1 aliphatic carbocycles. The van der Waals surface area contributed by atoms with Crippen LogP contribution in [0.2, 0.25) is 0 Å². The average molecular weight is 308 g/mol. The standard InChI is InChI=1S/C15H28N6O/c1-3-6-13(19-16)18-10(2)15(22)21-12-8-5-4-7-11(12)9-14(21)20-17/h10-14,18-20H,3-9H2,1-2H3. The molecule has 22 heavy (non-hydrogen) atoms. The zero-order valence-corrected chi connectivity index (χ0v) is 13.6. The van der Waals surface area contributed by atoms with E-state index in [-0.39, 0.29) is 24.3 Å². The van der Waals surface area contributed by atoms with Crippen molar-refractivity contribution in [2.24, 2.45) is 5.92 Å². The number of carbonyl (C=O) groups excluding carboxylic acids is 1. The van der Waals surface area contributed by atoms with Gasteiger partial charge in [0, 0.05) is 18.9 Å². The molecule has 0 aromatic heterocycles. The van der Waals surface area contributed by atoms with Crippen LogP contribution in [0.3, 0.4) is 0 Å². The van der Waals surface area contributed by atoms with Crippen LogP contribution in [0.4, 0.5) is 0 Å². The lowest BCUT2D eigenvalue weighted by Gasteiger charge is -2.33. The molecule has 124 valence electrons. The third kappa shape index (κ3) is 3.51. The molecule has 5 atom stereocenters. The van der Waals surface area contributed by atoms with E-state index in [1.807, 2.05) is 18.7 Å². The molecule has 2 rings (SSSR count). The Morgan fingerprint density at radius 1 is 1.36 bits per heavy atom. The Kier molecular flexibility index (Phi) is 5.99. The molecule has 0 aromatic carbocycles. The molecule has 1 saturated carbocycles. The maximum absolute atomic E-state index is 12.8. The van der Waals surface area contributed by atoms with E-state index >= 15 is 0 Å².